The number of benzene rings is 2. The number of nitrogens with two attached hydrogens (primary N) is 1. The summed E-state index contributed by atoms with van der Waals surface area (Å²) in [6.07, 6.45) is 4.08. The first kappa shape index (κ1) is 24.3. The zero-order valence-corrected chi connectivity index (χ0v) is 19.4. The third kappa shape index (κ3) is 5.28. The lowest BCUT2D eigenvalue weighted by atomic mass is 9.84. The lowest BCUT2D eigenvalue weighted by molar-refractivity contribution is -0.136. The third-order valence-corrected chi connectivity index (χ3v) is 7.19. The molecular formula is C26H31F2N3O3. The second kappa shape index (κ2) is 10.6. The predicted molar refractivity (Wildman–Crippen MR) is 124 cm³/mol. The van der Waals surface area contributed by atoms with Crippen LogP contribution in [0, 0.1) is 11.6 Å². The van der Waals surface area contributed by atoms with Gasteiger partial charge in [-0.15, -0.1) is 0 Å². The number of hydrogen-bond donors (Lipinski definition) is 1. The van der Waals surface area contributed by atoms with Crippen molar-refractivity contribution < 1.29 is 23.1 Å². The molecule has 2 bridgehead atoms. The number of piperidine rings is 1. The molecule has 2 N–H and O–H groups in total. The minimum absolute atomic E-state index is 0.108. The second-order valence-corrected chi connectivity index (χ2v) is 9.23. The zero-order chi connectivity index (χ0) is 24.2. The number of rotatable bonds is 9. The third-order valence-electron chi connectivity index (χ3n) is 7.19. The van der Waals surface area contributed by atoms with Gasteiger partial charge in [0, 0.05) is 43.4 Å². The van der Waals surface area contributed by atoms with Crippen molar-refractivity contribution in [3.63, 3.8) is 0 Å². The maximum atomic E-state index is 14.2. The highest BCUT2D eigenvalue weighted by atomic mass is 19.1. The molecule has 3 atom stereocenters. The topological polar surface area (TPSA) is 75.9 Å². The number of methoxy groups -OCH3 is 1. The number of primary amides is 1. The summed E-state index contributed by atoms with van der Waals surface area (Å²) in [5.41, 5.74) is 7.01. The van der Waals surface area contributed by atoms with Crippen molar-refractivity contribution >= 4 is 11.8 Å². The average Bonchev–Trinajstić information content (AvgIpc) is 3.05. The normalized spacial score (nSPS) is 22.0. The van der Waals surface area contributed by atoms with Gasteiger partial charge in [-0.2, -0.15) is 0 Å². The van der Waals surface area contributed by atoms with Gasteiger partial charge in [-0.3, -0.25) is 14.5 Å². The van der Waals surface area contributed by atoms with E-state index in [1.807, 2.05) is 12.1 Å². The summed E-state index contributed by atoms with van der Waals surface area (Å²) in [4.78, 5) is 28.1. The van der Waals surface area contributed by atoms with E-state index >= 15 is 0 Å². The first-order chi connectivity index (χ1) is 16.4. The summed E-state index contributed by atoms with van der Waals surface area (Å²) < 4.78 is 33.4. The number of hydrogen-bond acceptors (Lipinski definition) is 4. The van der Waals surface area contributed by atoms with E-state index in [1.165, 1.54) is 30.2 Å². The molecule has 6 nitrogen and oxygen atoms in total. The van der Waals surface area contributed by atoms with Crippen LogP contribution in [0.4, 0.5) is 8.78 Å². The van der Waals surface area contributed by atoms with Crippen LogP contribution < -0.4 is 5.73 Å². The number of carbonyl (C=O) groups excluding carboxylic acids is 2. The fourth-order valence-corrected chi connectivity index (χ4v) is 5.47. The molecule has 2 aliphatic rings. The van der Waals surface area contributed by atoms with E-state index in [1.54, 1.807) is 6.07 Å². The van der Waals surface area contributed by atoms with Crippen LogP contribution >= 0.6 is 0 Å². The Morgan fingerprint density at radius 1 is 1.09 bits per heavy atom. The van der Waals surface area contributed by atoms with Crippen molar-refractivity contribution in [2.75, 3.05) is 26.8 Å². The molecule has 0 aliphatic carbocycles. The van der Waals surface area contributed by atoms with Crippen LogP contribution in [0.5, 0.6) is 0 Å². The van der Waals surface area contributed by atoms with Crippen molar-refractivity contribution in [3.05, 3.63) is 70.8 Å². The first-order valence-electron chi connectivity index (χ1n) is 11.7. The van der Waals surface area contributed by atoms with Crippen LogP contribution in [0.15, 0.2) is 42.5 Å². The van der Waals surface area contributed by atoms with Crippen molar-refractivity contribution in [1.29, 1.82) is 0 Å². The molecule has 1 unspecified atom stereocenters. The molecule has 2 heterocycles. The molecule has 2 fully saturated rings. The van der Waals surface area contributed by atoms with Crippen molar-refractivity contribution in [2.24, 2.45) is 5.73 Å². The molecule has 2 aromatic carbocycles. The largest absolute Gasteiger partial charge is 0.375 e. The smallest absolute Gasteiger partial charge is 0.248 e. The van der Waals surface area contributed by atoms with Crippen LogP contribution in [0.3, 0.4) is 0 Å². The van der Waals surface area contributed by atoms with Gasteiger partial charge in [0.1, 0.15) is 18.2 Å². The number of ether oxygens (including phenoxy) is 1. The van der Waals surface area contributed by atoms with E-state index in [-0.39, 0.29) is 24.6 Å². The highest BCUT2D eigenvalue weighted by Crippen LogP contribution is 2.43. The average molecular weight is 472 g/mol. The maximum Gasteiger partial charge on any atom is 0.248 e. The first-order valence-corrected chi connectivity index (χ1v) is 11.7. The molecule has 34 heavy (non-hydrogen) atoms. The highest BCUT2D eigenvalue weighted by Gasteiger charge is 2.41. The minimum atomic E-state index is -0.658. The Hall–Kier alpha value is -2.84. The molecule has 2 aromatic rings. The van der Waals surface area contributed by atoms with Gasteiger partial charge < -0.3 is 15.4 Å². The summed E-state index contributed by atoms with van der Waals surface area (Å²) in [6, 6.07) is 12.0. The summed E-state index contributed by atoms with van der Waals surface area (Å²) in [5, 5.41) is 0. The van der Waals surface area contributed by atoms with Crippen LogP contribution in [0.25, 0.3) is 0 Å². The number of halogens is 2. The molecule has 0 aromatic heterocycles. The Bertz CT molecular complexity index is 1010. The quantitative estimate of drug-likeness (QED) is 0.608. The molecule has 182 valence electrons. The number of fused-ring (bicyclic) bond motifs is 2. The van der Waals surface area contributed by atoms with Gasteiger partial charge in [-0.25, -0.2) is 8.78 Å². The maximum absolute atomic E-state index is 14.2. The highest BCUT2D eigenvalue weighted by molar-refractivity contribution is 5.92. The van der Waals surface area contributed by atoms with E-state index in [0.717, 1.165) is 31.2 Å². The monoisotopic (exact) mass is 471 g/mol. The van der Waals surface area contributed by atoms with E-state index in [2.05, 4.69) is 11.0 Å². The van der Waals surface area contributed by atoms with Gasteiger partial charge in [-0.05, 0) is 61.4 Å². The molecule has 8 heteroatoms. The second-order valence-electron chi connectivity index (χ2n) is 9.23. The number of nitrogens with zero attached hydrogens (tertiary/aromatic N) is 2. The SMILES string of the molecule is COCC(=O)N(CCN1[C@@H]2CC[C@H]1CC(c1cccc(C(N)=O)c1)C2)Cc1c(F)cccc1F. The van der Waals surface area contributed by atoms with E-state index in [0.29, 0.717) is 36.7 Å². The summed E-state index contributed by atoms with van der Waals surface area (Å²) in [5.74, 6) is -1.68. The molecule has 2 aliphatic heterocycles. The molecule has 2 amide bonds. The van der Waals surface area contributed by atoms with Crippen LogP contribution in [0.1, 0.15) is 53.1 Å². The van der Waals surface area contributed by atoms with Crippen molar-refractivity contribution in [3.8, 4) is 0 Å². The molecule has 0 spiro atoms. The van der Waals surface area contributed by atoms with Gasteiger partial charge in [0.2, 0.25) is 11.8 Å². The molecule has 2 saturated heterocycles. The lowest BCUT2D eigenvalue weighted by Crippen LogP contribution is -2.47. The van der Waals surface area contributed by atoms with Crippen LogP contribution in [-0.4, -0.2) is 60.5 Å². The lowest BCUT2D eigenvalue weighted by Gasteiger charge is -2.40. The molecular weight excluding hydrogens is 440 g/mol. The summed E-state index contributed by atoms with van der Waals surface area (Å²) in [6.45, 7) is 0.729. The Morgan fingerprint density at radius 3 is 2.35 bits per heavy atom. The van der Waals surface area contributed by atoms with Gasteiger partial charge in [-0.1, -0.05) is 18.2 Å². The summed E-state index contributed by atoms with van der Waals surface area (Å²) in [7, 11) is 1.43. The minimum Gasteiger partial charge on any atom is -0.375 e. The fraction of sp³-hybridized carbons (Fsp3) is 0.462. The number of amides is 2. The summed E-state index contributed by atoms with van der Waals surface area (Å²) >= 11 is 0. The van der Waals surface area contributed by atoms with Gasteiger partial charge in [0.15, 0.2) is 0 Å². The van der Waals surface area contributed by atoms with Gasteiger partial charge >= 0.3 is 0 Å². The molecule has 0 saturated carbocycles. The van der Waals surface area contributed by atoms with Crippen LogP contribution in [0.2, 0.25) is 0 Å². The Morgan fingerprint density at radius 2 is 1.74 bits per heavy atom. The van der Waals surface area contributed by atoms with E-state index in [4.69, 9.17) is 10.5 Å². The Kier molecular flexibility index (Phi) is 7.58. The van der Waals surface area contributed by atoms with E-state index < -0.39 is 17.5 Å². The van der Waals surface area contributed by atoms with Crippen molar-refractivity contribution in [1.82, 2.24) is 9.80 Å². The standard InChI is InChI=1S/C26H31F2N3O3/c1-34-16-25(32)30(15-22-23(27)6-3-7-24(22)28)10-11-31-20-8-9-21(31)14-19(13-20)17-4-2-5-18(12-17)26(29)33/h2-7,12,19-21H,8-11,13-16H2,1H3,(H2,29,33)/t19?,20-,21+. The fourth-order valence-electron chi connectivity index (χ4n) is 5.47. The zero-order valence-electron chi connectivity index (χ0n) is 19.4. The van der Waals surface area contributed by atoms with E-state index in [9.17, 15) is 18.4 Å². The van der Waals surface area contributed by atoms with Crippen LogP contribution in [-0.2, 0) is 16.1 Å². The molecule has 0 radical (unpaired) electrons. The van der Waals surface area contributed by atoms with Gasteiger partial charge in [0.25, 0.3) is 0 Å². The number of carbonyl (C=O) groups is 2. The Balaban J connectivity index is 1.43. The Labute approximate surface area is 198 Å². The predicted octanol–water partition coefficient (Wildman–Crippen LogP) is 3.45. The van der Waals surface area contributed by atoms with Gasteiger partial charge in [0.05, 0.1) is 6.54 Å². The van der Waals surface area contributed by atoms with Crippen molar-refractivity contribution in [2.45, 2.75) is 50.2 Å². The molecule has 4 rings (SSSR count).